The van der Waals surface area contributed by atoms with Gasteiger partial charge < -0.3 is 0 Å². The van der Waals surface area contributed by atoms with Crippen molar-refractivity contribution in [3.63, 3.8) is 0 Å². The molecule has 1 aromatic rings. The molecule has 13 heavy (non-hydrogen) atoms. The molecule has 70 valence electrons. The van der Waals surface area contributed by atoms with Gasteiger partial charge in [-0.3, -0.25) is 0 Å². The fourth-order valence-corrected chi connectivity index (χ4v) is 2.13. The summed E-state index contributed by atoms with van der Waals surface area (Å²) < 4.78 is 0. The van der Waals surface area contributed by atoms with Crippen molar-refractivity contribution < 1.29 is 0 Å². The lowest BCUT2D eigenvalue weighted by atomic mass is 10.2. The molecule has 0 saturated heterocycles. The Bertz CT molecular complexity index is 290. The fourth-order valence-electron chi connectivity index (χ4n) is 1.25. The molecule has 0 aliphatic carbocycles. The molecule has 0 heterocycles. The van der Waals surface area contributed by atoms with E-state index >= 15 is 0 Å². The number of rotatable bonds is 3. The molecule has 0 unspecified atom stereocenters. The van der Waals surface area contributed by atoms with Crippen LogP contribution < -0.4 is 0 Å². The Morgan fingerprint density at radius 1 is 1.31 bits per heavy atom. The number of hydrogen-bond donors (Lipinski definition) is 0. The van der Waals surface area contributed by atoms with Crippen LogP contribution in [-0.2, 0) is 0 Å². The zero-order valence-corrected chi connectivity index (χ0v) is 10.9. The first kappa shape index (κ1) is 10.5. The maximum Gasteiger partial charge on any atom is 0.0408 e. The number of benzene rings is 1. The number of halogens is 1. The normalized spacial score (nSPS) is 12.8. The maximum absolute atomic E-state index is 6.18. The molecule has 0 saturated carbocycles. The van der Waals surface area contributed by atoms with Crippen LogP contribution in [0, 0.1) is 0 Å². The second-order valence-corrected chi connectivity index (χ2v) is 4.60. The molecule has 0 atom stereocenters. The Hall–Kier alpha value is -0.533. The van der Waals surface area contributed by atoms with Crippen LogP contribution in [0.3, 0.4) is 0 Å². The summed E-state index contributed by atoms with van der Waals surface area (Å²) in [5.74, 6) is 0. The lowest BCUT2D eigenvalue weighted by Gasteiger charge is -2.04. The topological polar surface area (TPSA) is 0 Å². The van der Waals surface area contributed by atoms with Gasteiger partial charge in [-0.1, -0.05) is 55.3 Å². The fraction of sp³-hybridized carbons (Fsp3) is 0.273. The quantitative estimate of drug-likeness (QED) is 0.674. The van der Waals surface area contributed by atoms with E-state index < -0.39 is 0 Å². The van der Waals surface area contributed by atoms with Gasteiger partial charge in [-0.15, -0.1) is 0 Å². The summed E-state index contributed by atoms with van der Waals surface area (Å²) in [6, 6.07) is 10.4. The molecule has 1 rings (SSSR count). The molecule has 0 nitrogen and oxygen atoms in total. The third kappa shape index (κ3) is 3.01. The molecule has 0 radical (unpaired) electrons. The second kappa shape index (κ2) is 5.25. The highest BCUT2D eigenvalue weighted by molar-refractivity contribution is 6.50. The van der Waals surface area contributed by atoms with Gasteiger partial charge in [0.1, 0.15) is 0 Å². The first-order valence-electron chi connectivity index (χ1n) is 4.66. The lowest BCUT2D eigenvalue weighted by molar-refractivity contribution is 0.948. The van der Waals surface area contributed by atoms with Crippen LogP contribution in [0.2, 0.25) is 0 Å². The van der Waals surface area contributed by atoms with Gasteiger partial charge in [0.25, 0.3) is 0 Å². The molecule has 0 bridgehead atoms. The van der Waals surface area contributed by atoms with Crippen molar-refractivity contribution in [2.45, 2.75) is 19.8 Å². The molecule has 0 fully saturated rings. The summed E-state index contributed by atoms with van der Waals surface area (Å²) in [4.78, 5) is 0. The van der Waals surface area contributed by atoms with Gasteiger partial charge in [0, 0.05) is 15.3 Å². The minimum Gasteiger partial charge on any atom is -0.0893 e. The molecule has 0 amide bonds. The van der Waals surface area contributed by atoms with Crippen molar-refractivity contribution in [3.8, 4) is 0 Å². The minimum atomic E-state index is 1.01. The smallest absolute Gasteiger partial charge is 0.0408 e. The van der Waals surface area contributed by atoms with E-state index in [1.165, 1.54) is 10.8 Å². The van der Waals surface area contributed by atoms with E-state index in [0.29, 0.717) is 0 Å². The molecule has 0 spiro atoms. The van der Waals surface area contributed by atoms with Gasteiger partial charge in [0.15, 0.2) is 0 Å². The molecular weight excluding hydrogens is 196 g/mol. The Kier molecular flexibility index (Phi) is 4.26. The average Bonchev–Trinajstić information content (AvgIpc) is 2.18. The van der Waals surface area contributed by atoms with E-state index in [0.717, 1.165) is 28.1 Å². The summed E-state index contributed by atoms with van der Waals surface area (Å²) in [7, 11) is 1.02. The summed E-state index contributed by atoms with van der Waals surface area (Å²) in [6.07, 6.45) is 2.13. The van der Waals surface area contributed by atoms with Crippen molar-refractivity contribution in [3.05, 3.63) is 40.9 Å². The SMILES string of the molecule is CCCC(Cl)=C([SiH3])c1ccccc1. The molecule has 0 N–H and O–H groups in total. The van der Waals surface area contributed by atoms with Gasteiger partial charge in [-0.2, -0.15) is 0 Å². The molecule has 2 heteroatoms. The predicted octanol–water partition coefficient (Wildman–Crippen LogP) is 2.76. The van der Waals surface area contributed by atoms with Crippen molar-refractivity contribution in [1.82, 2.24) is 0 Å². The first-order valence-corrected chi connectivity index (χ1v) is 6.04. The van der Waals surface area contributed by atoms with E-state index in [1.54, 1.807) is 0 Å². The Morgan fingerprint density at radius 3 is 2.46 bits per heavy atom. The van der Waals surface area contributed by atoms with Gasteiger partial charge >= 0.3 is 0 Å². The predicted molar refractivity (Wildman–Crippen MR) is 64.1 cm³/mol. The number of hydrogen-bond acceptors (Lipinski definition) is 0. The van der Waals surface area contributed by atoms with Gasteiger partial charge in [0.05, 0.1) is 0 Å². The van der Waals surface area contributed by atoms with Crippen LogP contribution in [0.15, 0.2) is 35.4 Å². The molecule has 0 aromatic heterocycles. The van der Waals surface area contributed by atoms with Crippen molar-refractivity contribution in [2.24, 2.45) is 0 Å². The van der Waals surface area contributed by atoms with Crippen LogP contribution in [0.4, 0.5) is 0 Å². The van der Waals surface area contributed by atoms with E-state index in [9.17, 15) is 0 Å². The van der Waals surface area contributed by atoms with Crippen LogP contribution in [0.5, 0.6) is 0 Å². The zero-order valence-electron chi connectivity index (χ0n) is 8.18. The van der Waals surface area contributed by atoms with Gasteiger partial charge in [-0.05, 0) is 17.2 Å². The molecular formula is C11H15ClSi. The van der Waals surface area contributed by atoms with Crippen LogP contribution >= 0.6 is 11.6 Å². The first-order chi connectivity index (χ1) is 6.25. The van der Waals surface area contributed by atoms with E-state index in [4.69, 9.17) is 11.6 Å². The molecule has 0 aliphatic rings. The van der Waals surface area contributed by atoms with Crippen LogP contribution in [0.1, 0.15) is 25.3 Å². The van der Waals surface area contributed by atoms with Crippen molar-refractivity contribution in [1.29, 1.82) is 0 Å². The summed E-state index contributed by atoms with van der Waals surface area (Å²) in [5, 5.41) is 2.38. The Balaban J connectivity index is 2.89. The zero-order chi connectivity index (χ0) is 9.68. The molecule has 1 aromatic carbocycles. The van der Waals surface area contributed by atoms with E-state index in [-0.39, 0.29) is 0 Å². The summed E-state index contributed by atoms with van der Waals surface area (Å²) in [5.41, 5.74) is 1.28. The highest BCUT2D eigenvalue weighted by atomic mass is 35.5. The third-order valence-corrected chi connectivity index (χ3v) is 4.05. The lowest BCUT2D eigenvalue weighted by Crippen LogP contribution is -1.86. The highest BCUT2D eigenvalue weighted by Crippen LogP contribution is 2.21. The van der Waals surface area contributed by atoms with E-state index in [2.05, 4.69) is 31.2 Å². The monoisotopic (exact) mass is 210 g/mol. The average molecular weight is 211 g/mol. The van der Waals surface area contributed by atoms with E-state index in [1.807, 2.05) is 6.07 Å². The van der Waals surface area contributed by atoms with Crippen LogP contribution in [0.25, 0.3) is 5.20 Å². The maximum atomic E-state index is 6.18. The Morgan fingerprint density at radius 2 is 1.92 bits per heavy atom. The van der Waals surface area contributed by atoms with Gasteiger partial charge in [-0.25, -0.2) is 0 Å². The second-order valence-electron chi connectivity index (χ2n) is 3.15. The minimum absolute atomic E-state index is 1.01. The largest absolute Gasteiger partial charge is 0.0893 e. The van der Waals surface area contributed by atoms with Crippen molar-refractivity contribution >= 4 is 27.0 Å². The highest BCUT2D eigenvalue weighted by Gasteiger charge is 1.99. The standard InChI is InChI=1S/C11H15ClSi/c1-2-6-10(12)11(13)9-7-4-3-5-8-9/h3-5,7-8H,2,6H2,1,13H3. The van der Waals surface area contributed by atoms with Crippen LogP contribution in [-0.4, -0.2) is 10.2 Å². The third-order valence-electron chi connectivity index (χ3n) is 2.08. The van der Waals surface area contributed by atoms with Crippen molar-refractivity contribution in [2.75, 3.05) is 0 Å². The molecule has 0 aliphatic heterocycles. The Labute approximate surface area is 88.0 Å². The summed E-state index contributed by atoms with van der Waals surface area (Å²) >= 11 is 6.18. The number of allylic oxidation sites excluding steroid dienone is 1. The van der Waals surface area contributed by atoms with Gasteiger partial charge in [0.2, 0.25) is 0 Å². The summed E-state index contributed by atoms with van der Waals surface area (Å²) in [6.45, 7) is 2.15.